The molecule has 3 atom stereocenters. The fourth-order valence-electron chi connectivity index (χ4n) is 4.90. The summed E-state index contributed by atoms with van der Waals surface area (Å²) in [7, 11) is 1.59. The fourth-order valence-corrected chi connectivity index (χ4v) is 4.90. The van der Waals surface area contributed by atoms with Crippen LogP contribution in [0.5, 0.6) is 5.75 Å². The monoisotopic (exact) mass is 615 g/mol. The zero-order valence-electron chi connectivity index (χ0n) is 26.6. The molecule has 2 aromatic carbocycles. The zero-order chi connectivity index (χ0) is 32.6. The molecular weight excluding hydrogens is 574 g/mol. The number of carbonyl (C=O) groups excluding carboxylic acids is 3. The van der Waals surface area contributed by atoms with Gasteiger partial charge in [-0.1, -0.05) is 47.6 Å². The van der Waals surface area contributed by atoms with Crippen LogP contribution in [0, 0.1) is 5.92 Å². The highest BCUT2D eigenvalue weighted by Crippen LogP contribution is 2.31. The molecule has 0 spiro atoms. The van der Waals surface area contributed by atoms with Crippen LogP contribution in [0.4, 0.5) is 15.4 Å². The van der Waals surface area contributed by atoms with Crippen LogP contribution in [0.25, 0.3) is 0 Å². The third-order valence-corrected chi connectivity index (χ3v) is 7.20. The second-order valence-electron chi connectivity index (χ2n) is 11.7. The van der Waals surface area contributed by atoms with E-state index in [9.17, 15) is 14.4 Å². The van der Waals surface area contributed by atoms with Gasteiger partial charge < -0.3 is 19.6 Å². The van der Waals surface area contributed by atoms with E-state index < -0.39 is 29.7 Å². The Hall–Kier alpha value is -4.93. The highest BCUT2D eigenvalue weighted by molar-refractivity contribution is 6.06. The third kappa shape index (κ3) is 8.59. The molecule has 238 valence electrons. The average molecular weight is 616 g/mol. The highest BCUT2D eigenvalue weighted by atomic mass is 16.6. The number of aromatic nitrogens is 1. The van der Waals surface area contributed by atoms with Gasteiger partial charge >= 0.3 is 12.1 Å². The summed E-state index contributed by atoms with van der Waals surface area (Å²) >= 11 is 0. The molecular formula is C34H41N5O6. The quantitative estimate of drug-likeness (QED) is 0.162. The number of anilines is 1. The number of nitrogens with one attached hydrogen (secondary N) is 1. The smallest absolute Gasteiger partial charge is 0.416 e. The van der Waals surface area contributed by atoms with Gasteiger partial charge in [0.05, 0.1) is 37.9 Å². The van der Waals surface area contributed by atoms with Crippen molar-refractivity contribution in [2.75, 3.05) is 18.6 Å². The summed E-state index contributed by atoms with van der Waals surface area (Å²) in [6, 6.07) is 19.0. The summed E-state index contributed by atoms with van der Waals surface area (Å²) in [6.45, 7) is 9.61. The first kappa shape index (κ1) is 33.0. The van der Waals surface area contributed by atoms with E-state index in [2.05, 4.69) is 15.5 Å². The number of benzene rings is 2. The van der Waals surface area contributed by atoms with E-state index in [-0.39, 0.29) is 18.5 Å². The molecule has 0 saturated carbocycles. The molecule has 1 aromatic heterocycles. The van der Waals surface area contributed by atoms with Crippen molar-refractivity contribution in [3.05, 3.63) is 89.6 Å². The molecule has 11 heteroatoms. The largest absolute Gasteiger partial charge is 0.497 e. The lowest BCUT2D eigenvalue weighted by atomic mass is 9.83. The first-order valence-electron chi connectivity index (χ1n) is 14.9. The van der Waals surface area contributed by atoms with Gasteiger partial charge in [0.2, 0.25) is 5.91 Å². The molecule has 1 aliphatic rings. The van der Waals surface area contributed by atoms with Gasteiger partial charge in [-0.2, -0.15) is 0 Å². The van der Waals surface area contributed by atoms with E-state index in [1.54, 1.807) is 53.1 Å². The van der Waals surface area contributed by atoms with Crippen molar-refractivity contribution in [3.63, 3.8) is 0 Å². The van der Waals surface area contributed by atoms with Gasteiger partial charge in [-0.05, 0) is 82.0 Å². The Morgan fingerprint density at radius 3 is 2.44 bits per heavy atom. The number of methoxy groups -OCH3 is 1. The van der Waals surface area contributed by atoms with Gasteiger partial charge in [0, 0.05) is 6.20 Å². The predicted molar refractivity (Wildman–Crippen MR) is 171 cm³/mol. The van der Waals surface area contributed by atoms with Crippen molar-refractivity contribution in [2.45, 2.75) is 65.3 Å². The first-order chi connectivity index (χ1) is 21.5. The molecule has 1 fully saturated rings. The minimum absolute atomic E-state index is 0.203. The number of hydrogen-bond donors (Lipinski definition) is 1. The molecule has 0 aliphatic carbocycles. The minimum Gasteiger partial charge on any atom is -0.497 e. The van der Waals surface area contributed by atoms with E-state index in [4.69, 9.17) is 14.3 Å². The van der Waals surface area contributed by atoms with Gasteiger partial charge in [-0.15, -0.1) is 0 Å². The molecule has 3 aromatic rings. The van der Waals surface area contributed by atoms with E-state index in [1.807, 2.05) is 61.5 Å². The second kappa shape index (κ2) is 14.7. The lowest BCUT2D eigenvalue weighted by Crippen LogP contribution is -2.66. The molecule has 4 amide bonds. The number of urea groups is 1. The summed E-state index contributed by atoms with van der Waals surface area (Å²) in [6.07, 6.45) is 2.81. The van der Waals surface area contributed by atoms with Crippen LogP contribution in [0.15, 0.2) is 78.1 Å². The highest BCUT2D eigenvalue weighted by Gasteiger charge is 2.50. The summed E-state index contributed by atoms with van der Waals surface area (Å²) in [5.74, 6) is 0.169. The minimum atomic E-state index is -0.722. The SMILES string of the molecule is CCON=C[C@@H]1[C@@H](Cc2ccnc(N(Cc3ccc(OC)cc3)C(=O)OC(C)(C)C)c2)C(=O)N1C(=O)N[C@H](C)c1ccccc1. The number of rotatable bonds is 11. The Labute approximate surface area is 264 Å². The summed E-state index contributed by atoms with van der Waals surface area (Å²) in [5, 5.41) is 6.89. The van der Waals surface area contributed by atoms with Crippen molar-refractivity contribution >= 4 is 30.1 Å². The molecule has 45 heavy (non-hydrogen) atoms. The summed E-state index contributed by atoms with van der Waals surface area (Å²) in [4.78, 5) is 52.2. The Bertz CT molecular complexity index is 1490. The van der Waals surface area contributed by atoms with Crippen molar-refractivity contribution in [1.29, 1.82) is 0 Å². The maximum atomic E-state index is 13.4. The number of carbonyl (C=O) groups is 3. The van der Waals surface area contributed by atoms with E-state index in [0.717, 1.165) is 16.7 Å². The van der Waals surface area contributed by atoms with Crippen LogP contribution in [0.3, 0.4) is 0 Å². The summed E-state index contributed by atoms with van der Waals surface area (Å²) < 4.78 is 11.0. The standard InChI is InChI=1S/C34H41N5O6/c1-7-44-36-21-29-28(31(40)39(29)32(41)37-23(2)26-11-9-8-10-12-26)19-25-17-18-35-30(20-25)38(33(42)45-34(3,4)5)22-24-13-15-27(43-6)16-14-24/h8-18,20-21,23,28-29H,7,19,22H2,1-6H3,(H,37,41)/t23-,28-,29-/m1/s1. The van der Waals surface area contributed by atoms with Gasteiger partial charge in [-0.3, -0.25) is 14.6 Å². The number of ether oxygens (including phenoxy) is 2. The lowest BCUT2D eigenvalue weighted by molar-refractivity contribution is -0.145. The van der Waals surface area contributed by atoms with Crippen LogP contribution in [0.2, 0.25) is 0 Å². The lowest BCUT2D eigenvalue weighted by Gasteiger charge is -2.43. The molecule has 2 heterocycles. The third-order valence-electron chi connectivity index (χ3n) is 7.20. The van der Waals surface area contributed by atoms with Crippen LogP contribution >= 0.6 is 0 Å². The number of nitrogens with zero attached hydrogens (tertiary/aromatic N) is 4. The van der Waals surface area contributed by atoms with Crippen molar-refractivity contribution in [3.8, 4) is 5.75 Å². The van der Waals surface area contributed by atoms with Gasteiger partial charge in [0.15, 0.2) is 0 Å². The number of oxime groups is 1. The molecule has 0 unspecified atom stereocenters. The number of imide groups is 1. The molecule has 11 nitrogen and oxygen atoms in total. The average Bonchev–Trinajstić information content (AvgIpc) is 3.02. The number of hydrogen-bond acceptors (Lipinski definition) is 8. The van der Waals surface area contributed by atoms with E-state index >= 15 is 0 Å². The van der Waals surface area contributed by atoms with Crippen LogP contribution in [-0.2, 0) is 27.3 Å². The maximum Gasteiger partial charge on any atom is 0.416 e. The number of amides is 4. The molecule has 0 bridgehead atoms. The molecule has 4 rings (SSSR count). The zero-order valence-corrected chi connectivity index (χ0v) is 26.6. The van der Waals surface area contributed by atoms with Crippen LogP contribution < -0.4 is 15.0 Å². The van der Waals surface area contributed by atoms with Crippen molar-refractivity contribution < 1.29 is 28.7 Å². The predicted octanol–water partition coefficient (Wildman–Crippen LogP) is 5.89. The second-order valence-corrected chi connectivity index (χ2v) is 11.7. The molecule has 0 radical (unpaired) electrons. The first-order valence-corrected chi connectivity index (χ1v) is 14.9. The Morgan fingerprint density at radius 1 is 1.09 bits per heavy atom. The van der Waals surface area contributed by atoms with E-state index in [1.165, 1.54) is 16.0 Å². The normalized spacial score (nSPS) is 16.9. The Morgan fingerprint density at radius 2 is 1.80 bits per heavy atom. The fraction of sp³-hybridized carbons (Fsp3) is 0.382. The van der Waals surface area contributed by atoms with Crippen LogP contribution in [0.1, 0.15) is 57.4 Å². The molecule has 1 aliphatic heterocycles. The molecule has 1 N–H and O–H groups in total. The van der Waals surface area contributed by atoms with Crippen molar-refractivity contribution in [1.82, 2.24) is 15.2 Å². The van der Waals surface area contributed by atoms with Crippen LogP contribution in [-0.4, -0.2) is 59.5 Å². The summed E-state index contributed by atoms with van der Waals surface area (Å²) in [5.41, 5.74) is 1.81. The van der Waals surface area contributed by atoms with Gasteiger partial charge in [-0.25, -0.2) is 14.6 Å². The molecule has 1 saturated heterocycles. The maximum absolute atomic E-state index is 13.4. The topological polar surface area (TPSA) is 123 Å². The van der Waals surface area contributed by atoms with E-state index in [0.29, 0.717) is 24.6 Å². The Balaban J connectivity index is 1.55. The number of likely N-dealkylation sites (tertiary alicyclic amines) is 1. The van der Waals surface area contributed by atoms with Gasteiger partial charge in [0.1, 0.15) is 23.8 Å². The van der Waals surface area contributed by atoms with Crippen molar-refractivity contribution in [2.24, 2.45) is 11.1 Å². The Kier molecular flexibility index (Phi) is 10.8. The number of β-lactam (4-membered cyclic amide) rings is 1. The van der Waals surface area contributed by atoms with Gasteiger partial charge in [0.25, 0.3) is 0 Å². The number of pyridine rings is 1.